The SMILES string of the molecule is C#CCNCCNC(CC)c1nccs1. The zero-order chi connectivity index (χ0) is 10.9. The Kier molecular flexibility index (Phi) is 6.02. The molecule has 0 aliphatic heterocycles. The van der Waals surface area contributed by atoms with E-state index in [4.69, 9.17) is 6.42 Å². The first kappa shape index (κ1) is 12.2. The number of hydrogen-bond donors (Lipinski definition) is 2. The van der Waals surface area contributed by atoms with Gasteiger partial charge in [0.2, 0.25) is 0 Å². The Bertz CT molecular complexity index is 289. The maximum atomic E-state index is 5.13. The lowest BCUT2D eigenvalue weighted by atomic mass is 10.2. The molecule has 0 spiro atoms. The summed E-state index contributed by atoms with van der Waals surface area (Å²) >= 11 is 1.70. The highest BCUT2D eigenvalue weighted by Gasteiger charge is 2.09. The van der Waals surface area contributed by atoms with Gasteiger partial charge >= 0.3 is 0 Å². The zero-order valence-electron chi connectivity index (χ0n) is 8.99. The predicted molar refractivity (Wildman–Crippen MR) is 64.9 cm³/mol. The summed E-state index contributed by atoms with van der Waals surface area (Å²) < 4.78 is 0. The van der Waals surface area contributed by atoms with Crippen molar-refractivity contribution in [2.75, 3.05) is 19.6 Å². The van der Waals surface area contributed by atoms with Crippen LogP contribution in [0.1, 0.15) is 24.4 Å². The van der Waals surface area contributed by atoms with E-state index in [1.807, 2.05) is 11.6 Å². The van der Waals surface area contributed by atoms with Gasteiger partial charge in [-0.3, -0.25) is 0 Å². The smallest absolute Gasteiger partial charge is 0.109 e. The lowest BCUT2D eigenvalue weighted by Crippen LogP contribution is -2.30. The molecule has 82 valence electrons. The van der Waals surface area contributed by atoms with E-state index in [-0.39, 0.29) is 0 Å². The molecule has 0 saturated heterocycles. The van der Waals surface area contributed by atoms with E-state index in [2.05, 4.69) is 28.5 Å². The van der Waals surface area contributed by atoms with E-state index in [1.165, 1.54) is 0 Å². The maximum Gasteiger partial charge on any atom is 0.109 e. The fourth-order valence-corrected chi connectivity index (χ4v) is 2.11. The van der Waals surface area contributed by atoms with Gasteiger partial charge in [0.1, 0.15) is 5.01 Å². The van der Waals surface area contributed by atoms with Crippen molar-refractivity contribution in [3.05, 3.63) is 16.6 Å². The van der Waals surface area contributed by atoms with Crippen LogP contribution in [-0.2, 0) is 0 Å². The number of aromatic nitrogens is 1. The summed E-state index contributed by atoms with van der Waals surface area (Å²) in [5.74, 6) is 2.55. The Morgan fingerprint density at radius 1 is 1.60 bits per heavy atom. The summed E-state index contributed by atoms with van der Waals surface area (Å²) in [7, 11) is 0. The predicted octanol–water partition coefficient (Wildman–Crippen LogP) is 1.41. The third-order valence-corrected chi connectivity index (χ3v) is 2.97. The van der Waals surface area contributed by atoms with Crippen LogP contribution in [0.3, 0.4) is 0 Å². The third-order valence-electron chi connectivity index (χ3n) is 2.08. The Morgan fingerprint density at radius 2 is 2.47 bits per heavy atom. The number of nitrogens with zero attached hydrogens (tertiary/aromatic N) is 1. The lowest BCUT2D eigenvalue weighted by molar-refractivity contribution is 0.509. The van der Waals surface area contributed by atoms with Crippen molar-refractivity contribution in [1.82, 2.24) is 15.6 Å². The molecule has 1 unspecified atom stereocenters. The first-order valence-corrected chi connectivity index (χ1v) is 6.03. The molecule has 0 bridgehead atoms. The average Bonchev–Trinajstić information content (AvgIpc) is 2.77. The van der Waals surface area contributed by atoms with Gasteiger partial charge in [0, 0.05) is 24.7 Å². The maximum absolute atomic E-state index is 5.13. The number of terminal acetylenes is 1. The Hall–Kier alpha value is -0.890. The molecule has 3 nitrogen and oxygen atoms in total. The van der Waals surface area contributed by atoms with Crippen LogP contribution in [0, 0.1) is 12.3 Å². The Balaban J connectivity index is 2.21. The fraction of sp³-hybridized carbons (Fsp3) is 0.545. The Morgan fingerprint density at radius 3 is 3.07 bits per heavy atom. The fourth-order valence-electron chi connectivity index (χ4n) is 1.31. The molecule has 4 heteroatoms. The van der Waals surface area contributed by atoms with Crippen molar-refractivity contribution in [3.63, 3.8) is 0 Å². The van der Waals surface area contributed by atoms with Crippen LogP contribution >= 0.6 is 11.3 Å². The standard InChI is InChI=1S/C11H17N3S/c1-3-5-12-6-7-13-10(4-2)11-14-8-9-15-11/h1,8-10,12-13H,4-7H2,2H3. The van der Waals surface area contributed by atoms with Crippen molar-refractivity contribution in [2.24, 2.45) is 0 Å². The van der Waals surface area contributed by atoms with Gasteiger partial charge in [-0.15, -0.1) is 17.8 Å². The minimum absolute atomic E-state index is 0.373. The first-order chi connectivity index (χ1) is 7.38. The van der Waals surface area contributed by atoms with Crippen LogP contribution in [0.5, 0.6) is 0 Å². The van der Waals surface area contributed by atoms with E-state index in [0.717, 1.165) is 24.5 Å². The van der Waals surface area contributed by atoms with Gasteiger partial charge in [-0.1, -0.05) is 12.8 Å². The molecule has 0 radical (unpaired) electrons. The summed E-state index contributed by atoms with van der Waals surface area (Å²) in [6.45, 7) is 4.61. The largest absolute Gasteiger partial charge is 0.307 e. The molecule has 0 saturated carbocycles. The zero-order valence-corrected chi connectivity index (χ0v) is 9.81. The lowest BCUT2D eigenvalue weighted by Gasteiger charge is -2.14. The highest BCUT2D eigenvalue weighted by molar-refractivity contribution is 7.09. The molecule has 0 aromatic carbocycles. The van der Waals surface area contributed by atoms with Crippen LogP contribution in [0.25, 0.3) is 0 Å². The molecular weight excluding hydrogens is 206 g/mol. The molecule has 1 aromatic rings. The van der Waals surface area contributed by atoms with Gasteiger partial charge in [-0.25, -0.2) is 4.98 Å². The van der Waals surface area contributed by atoms with Gasteiger partial charge < -0.3 is 10.6 Å². The second kappa shape index (κ2) is 7.41. The van der Waals surface area contributed by atoms with Crippen LogP contribution in [0.2, 0.25) is 0 Å². The Labute approximate surface area is 95.3 Å². The van der Waals surface area contributed by atoms with Crippen LogP contribution in [0.15, 0.2) is 11.6 Å². The summed E-state index contributed by atoms with van der Waals surface area (Å²) in [5.41, 5.74) is 0. The van der Waals surface area contributed by atoms with Crippen molar-refractivity contribution in [3.8, 4) is 12.3 Å². The molecule has 0 aliphatic carbocycles. The van der Waals surface area contributed by atoms with E-state index in [9.17, 15) is 0 Å². The summed E-state index contributed by atoms with van der Waals surface area (Å²) in [5, 5.41) is 9.76. The molecule has 1 rings (SSSR count). The molecule has 1 atom stereocenters. The molecule has 0 aliphatic rings. The highest BCUT2D eigenvalue weighted by atomic mass is 32.1. The van der Waals surface area contributed by atoms with E-state index in [0.29, 0.717) is 12.6 Å². The van der Waals surface area contributed by atoms with Crippen molar-refractivity contribution >= 4 is 11.3 Å². The topological polar surface area (TPSA) is 37.0 Å². The monoisotopic (exact) mass is 223 g/mol. The van der Waals surface area contributed by atoms with E-state index in [1.54, 1.807) is 11.3 Å². The summed E-state index contributed by atoms with van der Waals surface area (Å²) in [6.07, 6.45) is 8.04. The van der Waals surface area contributed by atoms with Gasteiger partial charge in [0.05, 0.1) is 12.6 Å². The number of hydrogen-bond acceptors (Lipinski definition) is 4. The highest BCUT2D eigenvalue weighted by Crippen LogP contribution is 2.17. The van der Waals surface area contributed by atoms with Crippen LogP contribution in [-0.4, -0.2) is 24.6 Å². The molecule has 2 N–H and O–H groups in total. The first-order valence-electron chi connectivity index (χ1n) is 5.15. The van der Waals surface area contributed by atoms with E-state index >= 15 is 0 Å². The minimum Gasteiger partial charge on any atom is -0.307 e. The molecular formula is C11H17N3S. The van der Waals surface area contributed by atoms with Crippen molar-refractivity contribution < 1.29 is 0 Å². The van der Waals surface area contributed by atoms with E-state index < -0.39 is 0 Å². The van der Waals surface area contributed by atoms with Crippen LogP contribution < -0.4 is 10.6 Å². The summed E-state index contributed by atoms with van der Waals surface area (Å²) in [4.78, 5) is 4.31. The van der Waals surface area contributed by atoms with Gasteiger partial charge in [0.15, 0.2) is 0 Å². The molecule has 1 aromatic heterocycles. The number of rotatable bonds is 7. The third kappa shape index (κ3) is 4.43. The second-order valence-electron chi connectivity index (χ2n) is 3.17. The van der Waals surface area contributed by atoms with Gasteiger partial charge in [-0.05, 0) is 6.42 Å². The quantitative estimate of drug-likeness (QED) is 0.542. The average molecular weight is 223 g/mol. The molecule has 0 amide bonds. The number of nitrogens with one attached hydrogen (secondary N) is 2. The minimum atomic E-state index is 0.373. The van der Waals surface area contributed by atoms with Crippen LogP contribution in [0.4, 0.5) is 0 Å². The van der Waals surface area contributed by atoms with Crippen molar-refractivity contribution in [1.29, 1.82) is 0 Å². The van der Waals surface area contributed by atoms with Gasteiger partial charge in [-0.2, -0.15) is 0 Å². The van der Waals surface area contributed by atoms with Gasteiger partial charge in [0.25, 0.3) is 0 Å². The normalized spacial score (nSPS) is 12.3. The second-order valence-corrected chi connectivity index (χ2v) is 4.09. The number of thiazole rings is 1. The summed E-state index contributed by atoms with van der Waals surface area (Å²) in [6, 6.07) is 0.373. The molecule has 1 heterocycles. The molecule has 15 heavy (non-hydrogen) atoms. The molecule has 0 fully saturated rings. The van der Waals surface area contributed by atoms with Crippen molar-refractivity contribution in [2.45, 2.75) is 19.4 Å².